The van der Waals surface area contributed by atoms with E-state index in [2.05, 4.69) is 20.6 Å². The lowest BCUT2D eigenvalue weighted by Gasteiger charge is -2.13. The van der Waals surface area contributed by atoms with Gasteiger partial charge in [0, 0.05) is 24.4 Å². The predicted octanol–water partition coefficient (Wildman–Crippen LogP) is 1.37. The predicted molar refractivity (Wildman–Crippen MR) is 78.5 cm³/mol. The zero-order valence-corrected chi connectivity index (χ0v) is 12.8. The Balaban J connectivity index is 2.78. The molecule has 0 aliphatic carbocycles. The van der Waals surface area contributed by atoms with Gasteiger partial charge >= 0.3 is 0 Å². The van der Waals surface area contributed by atoms with Gasteiger partial charge in [-0.3, -0.25) is 0 Å². The van der Waals surface area contributed by atoms with E-state index in [1.165, 1.54) is 0 Å². The number of hydrogen-bond acceptors (Lipinski definition) is 6. The molecule has 1 aromatic heterocycles. The Bertz CT molecular complexity index is 529. The van der Waals surface area contributed by atoms with Gasteiger partial charge in [0.25, 0.3) is 0 Å². The van der Waals surface area contributed by atoms with Crippen molar-refractivity contribution < 1.29 is 8.42 Å². The van der Waals surface area contributed by atoms with E-state index in [-0.39, 0.29) is 11.5 Å². The van der Waals surface area contributed by atoms with Gasteiger partial charge in [-0.25, -0.2) is 18.4 Å². The minimum atomic E-state index is -2.95. The minimum Gasteiger partial charge on any atom is -0.370 e. The molecule has 6 nitrogen and oxygen atoms in total. The minimum absolute atomic E-state index is 0.114. The highest BCUT2D eigenvalue weighted by atomic mass is 32.2. The van der Waals surface area contributed by atoms with Gasteiger partial charge in [0.15, 0.2) is 9.84 Å². The molecule has 0 saturated carbocycles. The maximum absolute atomic E-state index is 11.4. The molecule has 0 fully saturated rings. The Labute approximate surface area is 115 Å². The van der Waals surface area contributed by atoms with Crippen LogP contribution in [-0.2, 0) is 9.84 Å². The van der Waals surface area contributed by atoms with Gasteiger partial charge < -0.3 is 10.6 Å². The number of nitrogens with zero attached hydrogens (tertiary/aromatic N) is 2. The Morgan fingerprint density at radius 2 is 1.63 bits per heavy atom. The summed E-state index contributed by atoms with van der Waals surface area (Å²) in [6.45, 7) is 8.51. The zero-order chi connectivity index (χ0) is 14.5. The van der Waals surface area contributed by atoms with Gasteiger partial charge in [0.1, 0.15) is 17.5 Å². The quantitative estimate of drug-likeness (QED) is 0.787. The Morgan fingerprint density at radius 3 is 2.16 bits per heavy atom. The largest absolute Gasteiger partial charge is 0.370 e. The summed E-state index contributed by atoms with van der Waals surface area (Å²) in [5.41, 5.74) is 0.904. The standard InChI is InChI=1S/C12H22N4O2S/c1-5-13-11-9(3)12(16-10(4)15-11)14-7-8-19(17,18)6-2/h5-8H2,1-4H3,(H2,13,14,15,16). The average Bonchev–Trinajstić information content (AvgIpc) is 2.35. The third-order valence-corrected chi connectivity index (χ3v) is 4.45. The zero-order valence-electron chi connectivity index (χ0n) is 11.9. The molecule has 0 radical (unpaired) electrons. The molecule has 0 aliphatic heterocycles. The van der Waals surface area contributed by atoms with Crippen molar-refractivity contribution in [3.63, 3.8) is 0 Å². The van der Waals surface area contributed by atoms with Gasteiger partial charge in [-0.2, -0.15) is 0 Å². The number of sulfone groups is 1. The van der Waals surface area contributed by atoms with Gasteiger partial charge in [-0.05, 0) is 20.8 Å². The Hall–Kier alpha value is -1.37. The van der Waals surface area contributed by atoms with Crippen LogP contribution in [0.2, 0.25) is 0 Å². The van der Waals surface area contributed by atoms with Crippen LogP contribution in [0.5, 0.6) is 0 Å². The van der Waals surface area contributed by atoms with Crippen molar-refractivity contribution in [2.45, 2.75) is 27.7 Å². The molecule has 0 saturated heterocycles. The van der Waals surface area contributed by atoms with Crippen LogP contribution in [0.15, 0.2) is 0 Å². The molecular formula is C12H22N4O2S. The normalized spacial score (nSPS) is 11.4. The summed E-state index contributed by atoms with van der Waals surface area (Å²) >= 11 is 0. The van der Waals surface area contributed by atoms with Crippen molar-refractivity contribution in [1.29, 1.82) is 0 Å². The molecule has 0 spiro atoms. The number of nitrogens with one attached hydrogen (secondary N) is 2. The topological polar surface area (TPSA) is 84.0 Å². The number of rotatable bonds is 7. The molecule has 0 aliphatic rings. The lowest BCUT2D eigenvalue weighted by molar-refractivity contribution is 0.597. The first-order valence-electron chi connectivity index (χ1n) is 6.43. The number of anilines is 2. The highest BCUT2D eigenvalue weighted by molar-refractivity contribution is 7.91. The van der Waals surface area contributed by atoms with Crippen LogP contribution in [0.1, 0.15) is 25.2 Å². The van der Waals surface area contributed by atoms with Crippen LogP contribution < -0.4 is 10.6 Å². The van der Waals surface area contributed by atoms with E-state index >= 15 is 0 Å². The molecule has 0 unspecified atom stereocenters. The van der Waals surface area contributed by atoms with Gasteiger partial charge in [0.2, 0.25) is 0 Å². The summed E-state index contributed by atoms with van der Waals surface area (Å²) < 4.78 is 22.9. The van der Waals surface area contributed by atoms with Crippen LogP contribution in [0.25, 0.3) is 0 Å². The van der Waals surface area contributed by atoms with Crippen molar-refractivity contribution in [2.75, 3.05) is 35.2 Å². The molecule has 0 amide bonds. The number of aromatic nitrogens is 2. The average molecular weight is 286 g/mol. The van der Waals surface area contributed by atoms with E-state index < -0.39 is 9.84 Å². The first-order chi connectivity index (χ1) is 8.89. The van der Waals surface area contributed by atoms with Crippen LogP contribution in [0, 0.1) is 13.8 Å². The lowest BCUT2D eigenvalue weighted by Crippen LogP contribution is -2.19. The first kappa shape index (κ1) is 15.7. The van der Waals surface area contributed by atoms with Crippen LogP contribution in [0.4, 0.5) is 11.6 Å². The fraction of sp³-hybridized carbons (Fsp3) is 0.667. The third-order valence-electron chi connectivity index (χ3n) is 2.75. The van der Waals surface area contributed by atoms with Crippen LogP contribution in [0.3, 0.4) is 0 Å². The number of hydrogen-bond donors (Lipinski definition) is 2. The van der Waals surface area contributed by atoms with E-state index in [0.717, 1.165) is 17.9 Å². The van der Waals surface area contributed by atoms with E-state index in [4.69, 9.17) is 0 Å². The second kappa shape index (κ2) is 6.70. The molecule has 7 heteroatoms. The van der Waals surface area contributed by atoms with E-state index in [9.17, 15) is 8.42 Å². The summed E-state index contributed by atoms with van der Waals surface area (Å²) in [5.74, 6) is 2.41. The maximum atomic E-state index is 11.4. The summed E-state index contributed by atoms with van der Waals surface area (Å²) in [4.78, 5) is 8.62. The van der Waals surface area contributed by atoms with Gasteiger partial charge in [-0.15, -0.1) is 0 Å². The molecule has 2 N–H and O–H groups in total. The van der Waals surface area contributed by atoms with Crippen LogP contribution >= 0.6 is 0 Å². The van der Waals surface area contributed by atoms with E-state index in [1.54, 1.807) is 6.92 Å². The highest BCUT2D eigenvalue weighted by Crippen LogP contribution is 2.19. The smallest absolute Gasteiger partial charge is 0.151 e. The second-order valence-corrected chi connectivity index (χ2v) is 6.76. The SMILES string of the molecule is CCNc1nc(C)nc(NCCS(=O)(=O)CC)c1C. The Morgan fingerprint density at radius 1 is 1.05 bits per heavy atom. The van der Waals surface area contributed by atoms with Gasteiger partial charge in [-0.1, -0.05) is 6.92 Å². The van der Waals surface area contributed by atoms with Gasteiger partial charge in [0.05, 0.1) is 5.75 Å². The summed E-state index contributed by atoms with van der Waals surface area (Å²) in [6, 6.07) is 0. The Kier molecular flexibility index (Phi) is 5.53. The molecular weight excluding hydrogens is 264 g/mol. The van der Waals surface area contributed by atoms with E-state index in [0.29, 0.717) is 18.2 Å². The van der Waals surface area contributed by atoms with Crippen molar-refractivity contribution in [2.24, 2.45) is 0 Å². The summed E-state index contributed by atoms with van der Waals surface area (Å²) in [6.07, 6.45) is 0. The fourth-order valence-electron chi connectivity index (χ4n) is 1.61. The third kappa shape index (κ3) is 4.66. The molecule has 0 aromatic carbocycles. The molecule has 1 rings (SSSR count). The van der Waals surface area contributed by atoms with Crippen molar-refractivity contribution in [3.8, 4) is 0 Å². The lowest BCUT2D eigenvalue weighted by atomic mass is 10.3. The molecule has 1 aromatic rings. The first-order valence-corrected chi connectivity index (χ1v) is 8.25. The summed E-state index contributed by atoms with van der Waals surface area (Å²) in [5, 5.41) is 6.24. The van der Waals surface area contributed by atoms with Crippen molar-refractivity contribution >= 4 is 21.5 Å². The maximum Gasteiger partial charge on any atom is 0.151 e. The van der Waals surface area contributed by atoms with Crippen molar-refractivity contribution in [1.82, 2.24) is 9.97 Å². The molecule has 1 heterocycles. The highest BCUT2D eigenvalue weighted by Gasteiger charge is 2.10. The monoisotopic (exact) mass is 286 g/mol. The second-order valence-electron chi connectivity index (χ2n) is 4.29. The van der Waals surface area contributed by atoms with Crippen LogP contribution in [-0.4, -0.2) is 43.0 Å². The van der Waals surface area contributed by atoms with Crippen molar-refractivity contribution in [3.05, 3.63) is 11.4 Å². The molecule has 19 heavy (non-hydrogen) atoms. The molecule has 0 bridgehead atoms. The molecule has 108 valence electrons. The number of aryl methyl sites for hydroxylation is 1. The fourth-order valence-corrected chi connectivity index (χ4v) is 2.31. The summed E-state index contributed by atoms with van der Waals surface area (Å²) in [7, 11) is -2.95. The van der Waals surface area contributed by atoms with E-state index in [1.807, 2.05) is 20.8 Å². The molecule has 0 atom stereocenters.